The maximum atomic E-state index is 13.1. The molecule has 1 heterocycles. The second-order valence-electron chi connectivity index (χ2n) is 8.77. The molecule has 0 bridgehead atoms. The molecule has 1 atom stereocenters. The fourth-order valence-electron chi connectivity index (χ4n) is 3.94. The summed E-state index contributed by atoms with van der Waals surface area (Å²) in [7, 11) is 0. The lowest BCUT2D eigenvalue weighted by Crippen LogP contribution is -2.28. The summed E-state index contributed by atoms with van der Waals surface area (Å²) >= 11 is 0. The van der Waals surface area contributed by atoms with E-state index in [0.29, 0.717) is 24.9 Å². The molecule has 2 amide bonds. The lowest BCUT2D eigenvalue weighted by Gasteiger charge is -2.22. The van der Waals surface area contributed by atoms with Crippen LogP contribution in [-0.2, 0) is 16.1 Å². The van der Waals surface area contributed by atoms with E-state index in [0.717, 1.165) is 22.4 Å². The molecule has 1 N–H and O–H groups in total. The molecule has 2 aromatic carbocycles. The summed E-state index contributed by atoms with van der Waals surface area (Å²) in [4.78, 5) is 27.4. The third-order valence-electron chi connectivity index (χ3n) is 5.70. The molecule has 0 spiro atoms. The number of amides is 2. The number of nitrogens with zero attached hydrogens (tertiary/aromatic N) is 1. The number of aryl methyl sites for hydroxylation is 1. The van der Waals surface area contributed by atoms with Gasteiger partial charge in [-0.25, -0.2) is 0 Å². The Balaban J connectivity index is 1.73. The quantitative estimate of drug-likeness (QED) is 0.732. The van der Waals surface area contributed by atoms with Gasteiger partial charge in [-0.2, -0.15) is 0 Å². The van der Waals surface area contributed by atoms with E-state index in [1.165, 1.54) is 5.56 Å². The smallest absolute Gasteiger partial charge is 0.229 e. The van der Waals surface area contributed by atoms with E-state index >= 15 is 0 Å². The van der Waals surface area contributed by atoms with Crippen molar-refractivity contribution in [1.82, 2.24) is 4.90 Å². The van der Waals surface area contributed by atoms with Crippen molar-refractivity contribution >= 4 is 17.5 Å². The minimum atomic E-state index is -0.312. The number of rotatable bonds is 6. The Hall–Kier alpha value is -2.62. The summed E-state index contributed by atoms with van der Waals surface area (Å²) in [5.74, 6) is 0.305. The molecule has 0 radical (unpaired) electrons. The van der Waals surface area contributed by atoms with Crippen LogP contribution in [0.1, 0.15) is 68.2 Å². The van der Waals surface area contributed by atoms with Crippen LogP contribution in [0.3, 0.4) is 0 Å². The molecule has 3 rings (SSSR count). The SMILES string of the molecule is Cc1ccc(CN2C[C@@H](C(=O)Nc3c(C(C)C)cccc3C(C)C)CC2=O)cc1. The van der Waals surface area contributed by atoms with Crippen molar-refractivity contribution in [1.29, 1.82) is 0 Å². The Morgan fingerprint density at radius 2 is 1.62 bits per heavy atom. The second-order valence-corrected chi connectivity index (χ2v) is 8.77. The Bertz CT molecular complexity index is 858. The van der Waals surface area contributed by atoms with Crippen LogP contribution in [0.2, 0.25) is 0 Å². The number of nitrogens with one attached hydrogen (secondary N) is 1. The number of benzene rings is 2. The average Bonchev–Trinajstić information content (AvgIpc) is 3.04. The summed E-state index contributed by atoms with van der Waals surface area (Å²) in [6.07, 6.45) is 0.276. The van der Waals surface area contributed by atoms with Crippen molar-refractivity contribution in [2.24, 2.45) is 5.92 Å². The minimum Gasteiger partial charge on any atom is -0.338 e. The van der Waals surface area contributed by atoms with Crippen molar-refractivity contribution in [3.63, 3.8) is 0 Å². The number of carbonyl (C=O) groups excluding carboxylic acids is 2. The van der Waals surface area contributed by atoms with Gasteiger partial charge >= 0.3 is 0 Å². The van der Waals surface area contributed by atoms with E-state index in [2.05, 4.69) is 63.3 Å². The molecule has 1 fully saturated rings. The second kappa shape index (κ2) is 8.81. The van der Waals surface area contributed by atoms with Crippen LogP contribution in [0.15, 0.2) is 42.5 Å². The van der Waals surface area contributed by atoms with E-state index in [4.69, 9.17) is 0 Å². The standard InChI is InChI=1S/C25H32N2O2/c1-16(2)21-7-6-8-22(17(3)4)24(21)26-25(29)20-13-23(28)27(15-20)14-19-11-9-18(5)10-12-19/h6-12,16-17,20H,13-15H2,1-5H3,(H,26,29)/t20-/m0/s1. The molecular formula is C25H32N2O2. The highest BCUT2D eigenvalue weighted by Gasteiger charge is 2.34. The van der Waals surface area contributed by atoms with E-state index < -0.39 is 0 Å². The third-order valence-corrected chi connectivity index (χ3v) is 5.70. The fraction of sp³-hybridized carbons (Fsp3) is 0.440. The zero-order valence-electron chi connectivity index (χ0n) is 18.2. The van der Waals surface area contributed by atoms with Crippen LogP contribution in [-0.4, -0.2) is 23.3 Å². The Kier molecular flexibility index (Phi) is 6.41. The summed E-state index contributed by atoms with van der Waals surface area (Å²) in [6.45, 7) is 11.6. The van der Waals surface area contributed by atoms with Gasteiger partial charge in [-0.05, 0) is 35.4 Å². The summed E-state index contributed by atoms with van der Waals surface area (Å²) in [5, 5.41) is 3.18. The number of anilines is 1. The van der Waals surface area contributed by atoms with Gasteiger partial charge in [0.1, 0.15) is 0 Å². The maximum Gasteiger partial charge on any atom is 0.229 e. The van der Waals surface area contributed by atoms with Gasteiger partial charge in [-0.1, -0.05) is 75.7 Å². The van der Waals surface area contributed by atoms with Crippen molar-refractivity contribution in [3.05, 3.63) is 64.7 Å². The van der Waals surface area contributed by atoms with Crippen molar-refractivity contribution in [2.45, 2.75) is 59.4 Å². The van der Waals surface area contributed by atoms with Gasteiger partial charge in [0.05, 0.1) is 5.92 Å². The molecule has 4 nitrogen and oxygen atoms in total. The van der Waals surface area contributed by atoms with E-state index in [-0.39, 0.29) is 24.2 Å². The maximum absolute atomic E-state index is 13.1. The highest BCUT2D eigenvalue weighted by Crippen LogP contribution is 2.33. The van der Waals surface area contributed by atoms with Gasteiger partial charge in [0.2, 0.25) is 11.8 Å². The molecule has 1 aliphatic heterocycles. The van der Waals surface area contributed by atoms with Crippen LogP contribution in [0.25, 0.3) is 0 Å². The van der Waals surface area contributed by atoms with E-state index in [1.807, 2.05) is 19.1 Å². The molecular weight excluding hydrogens is 360 g/mol. The van der Waals surface area contributed by atoms with Crippen LogP contribution in [0.5, 0.6) is 0 Å². The van der Waals surface area contributed by atoms with Gasteiger partial charge in [0.15, 0.2) is 0 Å². The number of para-hydroxylation sites is 1. The zero-order chi connectivity index (χ0) is 21.1. The highest BCUT2D eigenvalue weighted by molar-refractivity contribution is 5.98. The molecule has 0 aliphatic carbocycles. The molecule has 154 valence electrons. The largest absolute Gasteiger partial charge is 0.338 e. The first-order valence-electron chi connectivity index (χ1n) is 10.5. The summed E-state index contributed by atoms with van der Waals surface area (Å²) < 4.78 is 0. The van der Waals surface area contributed by atoms with Gasteiger partial charge < -0.3 is 10.2 Å². The van der Waals surface area contributed by atoms with Gasteiger partial charge in [-0.15, -0.1) is 0 Å². The normalized spacial score (nSPS) is 16.7. The van der Waals surface area contributed by atoms with Gasteiger partial charge in [0.25, 0.3) is 0 Å². The molecule has 1 saturated heterocycles. The third kappa shape index (κ3) is 4.87. The first-order valence-corrected chi connectivity index (χ1v) is 10.5. The lowest BCUT2D eigenvalue weighted by molar-refractivity contribution is -0.128. The van der Waals surface area contributed by atoms with E-state index in [9.17, 15) is 9.59 Å². The number of hydrogen-bond donors (Lipinski definition) is 1. The van der Waals surface area contributed by atoms with Gasteiger partial charge in [0, 0.05) is 25.2 Å². The van der Waals surface area contributed by atoms with Gasteiger partial charge in [-0.3, -0.25) is 9.59 Å². The molecule has 0 aromatic heterocycles. The monoisotopic (exact) mass is 392 g/mol. The zero-order valence-corrected chi connectivity index (χ0v) is 18.2. The van der Waals surface area contributed by atoms with Crippen molar-refractivity contribution in [3.8, 4) is 0 Å². The average molecular weight is 393 g/mol. The van der Waals surface area contributed by atoms with Crippen LogP contribution in [0, 0.1) is 12.8 Å². The molecule has 0 unspecified atom stereocenters. The van der Waals surface area contributed by atoms with Crippen molar-refractivity contribution in [2.75, 3.05) is 11.9 Å². The topological polar surface area (TPSA) is 49.4 Å². The first kappa shape index (κ1) is 21.1. The molecule has 2 aromatic rings. The lowest BCUT2D eigenvalue weighted by atomic mass is 9.92. The first-order chi connectivity index (χ1) is 13.8. The van der Waals surface area contributed by atoms with E-state index in [1.54, 1.807) is 4.90 Å². The number of likely N-dealkylation sites (tertiary alicyclic amines) is 1. The number of carbonyl (C=O) groups is 2. The molecule has 1 aliphatic rings. The Morgan fingerprint density at radius 3 is 2.17 bits per heavy atom. The molecule has 0 saturated carbocycles. The predicted octanol–water partition coefficient (Wildman–Crippen LogP) is 5.23. The predicted molar refractivity (Wildman–Crippen MR) is 118 cm³/mol. The highest BCUT2D eigenvalue weighted by atomic mass is 16.2. The van der Waals surface area contributed by atoms with Crippen LogP contribution in [0.4, 0.5) is 5.69 Å². The summed E-state index contributed by atoms with van der Waals surface area (Å²) in [6, 6.07) is 14.4. The molecule has 4 heteroatoms. The summed E-state index contributed by atoms with van der Waals surface area (Å²) in [5.41, 5.74) is 5.50. The van der Waals surface area contributed by atoms with Crippen LogP contribution < -0.4 is 5.32 Å². The minimum absolute atomic E-state index is 0.0481. The van der Waals surface area contributed by atoms with Crippen molar-refractivity contribution < 1.29 is 9.59 Å². The van der Waals surface area contributed by atoms with Crippen LogP contribution >= 0.6 is 0 Å². The number of hydrogen-bond acceptors (Lipinski definition) is 2. The fourth-order valence-corrected chi connectivity index (χ4v) is 3.94. The Morgan fingerprint density at radius 1 is 1.03 bits per heavy atom. The molecule has 29 heavy (non-hydrogen) atoms. The Labute approximate surface area is 174 Å².